The summed E-state index contributed by atoms with van der Waals surface area (Å²) in [4.78, 5) is 0. The molecule has 0 amide bonds. The normalized spacial score (nSPS) is 15.6. The monoisotopic (exact) mass is 171 g/mol. The van der Waals surface area contributed by atoms with Crippen molar-refractivity contribution in [2.45, 2.75) is 45.2 Å². The number of aliphatic hydroxyl groups excluding tert-OH is 1. The quantitative estimate of drug-likeness (QED) is 0.571. The van der Waals surface area contributed by atoms with Gasteiger partial charge in [0.2, 0.25) is 0 Å². The average molecular weight is 171 g/mol. The summed E-state index contributed by atoms with van der Waals surface area (Å²) in [6.45, 7) is 8.12. The Bertz CT molecular complexity index is 110. The van der Waals surface area contributed by atoms with Crippen LogP contribution in [0.25, 0.3) is 0 Å². The SMILES string of the molecule is C=CCCC(C)N[C@H](CC)CO. The molecule has 2 atom stereocenters. The molecule has 12 heavy (non-hydrogen) atoms. The number of nitrogens with one attached hydrogen (secondary N) is 1. The van der Waals surface area contributed by atoms with Gasteiger partial charge in [0, 0.05) is 12.1 Å². The Morgan fingerprint density at radius 1 is 1.58 bits per heavy atom. The van der Waals surface area contributed by atoms with Crippen molar-refractivity contribution in [3.8, 4) is 0 Å². The molecule has 0 saturated heterocycles. The zero-order valence-corrected chi connectivity index (χ0v) is 8.21. The molecule has 0 rings (SSSR count). The summed E-state index contributed by atoms with van der Waals surface area (Å²) in [5.41, 5.74) is 0. The fourth-order valence-electron chi connectivity index (χ4n) is 1.15. The van der Waals surface area contributed by atoms with Crippen LogP contribution in [0.3, 0.4) is 0 Å². The summed E-state index contributed by atoms with van der Waals surface area (Å²) >= 11 is 0. The van der Waals surface area contributed by atoms with E-state index < -0.39 is 0 Å². The standard InChI is InChI=1S/C10H21NO/c1-4-6-7-9(3)11-10(5-2)8-12/h4,9-12H,1,5-8H2,2-3H3/t9?,10-/m1/s1. The lowest BCUT2D eigenvalue weighted by Crippen LogP contribution is -2.38. The van der Waals surface area contributed by atoms with Crippen molar-refractivity contribution >= 4 is 0 Å². The minimum absolute atomic E-state index is 0.231. The number of hydrogen-bond acceptors (Lipinski definition) is 2. The van der Waals surface area contributed by atoms with E-state index in [1.165, 1.54) is 0 Å². The van der Waals surface area contributed by atoms with Gasteiger partial charge in [0.15, 0.2) is 0 Å². The first-order valence-electron chi connectivity index (χ1n) is 4.72. The molecular formula is C10H21NO. The van der Waals surface area contributed by atoms with E-state index in [0.29, 0.717) is 6.04 Å². The molecule has 1 unspecified atom stereocenters. The molecule has 0 saturated carbocycles. The molecule has 0 spiro atoms. The van der Waals surface area contributed by atoms with E-state index in [1.54, 1.807) is 0 Å². The molecule has 0 radical (unpaired) electrons. The van der Waals surface area contributed by atoms with E-state index in [4.69, 9.17) is 5.11 Å². The fourth-order valence-corrected chi connectivity index (χ4v) is 1.15. The number of aliphatic hydroxyl groups is 1. The van der Waals surface area contributed by atoms with Crippen LogP contribution < -0.4 is 5.32 Å². The van der Waals surface area contributed by atoms with Crippen molar-refractivity contribution in [1.29, 1.82) is 0 Å². The van der Waals surface area contributed by atoms with Crippen LogP contribution >= 0.6 is 0 Å². The highest BCUT2D eigenvalue weighted by Crippen LogP contribution is 1.99. The number of allylic oxidation sites excluding steroid dienone is 1. The van der Waals surface area contributed by atoms with Crippen molar-refractivity contribution in [2.24, 2.45) is 0 Å². The van der Waals surface area contributed by atoms with Crippen LogP contribution in [0, 0.1) is 0 Å². The smallest absolute Gasteiger partial charge is 0.0584 e. The number of hydrogen-bond donors (Lipinski definition) is 2. The average Bonchev–Trinajstić information content (AvgIpc) is 2.10. The molecule has 0 aromatic carbocycles. The van der Waals surface area contributed by atoms with Crippen LogP contribution in [0.4, 0.5) is 0 Å². The third-order valence-electron chi connectivity index (χ3n) is 2.04. The predicted molar refractivity (Wildman–Crippen MR) is 53.2 cm³/mol. The van der Waals surface area contributed by atoms with Crippen molar-refractivity contribution in [3.63, 3.8) is 0 Å². The summed E-state index contributed by atoms with van der Waals surface area (Å²) in [5, 5.41) is 12.3. The zero-order valence-electron chi connectivity index (χ0n) is 8.21. The maximum atomic E-state index is 8.92. The highest BCUT2D eigenvalue weighted by Gasteiger charge is 2.07. The van der Waals surface area contributed by atoms with Crippen molar-refractivity contribution < 1.29 is 5.11 Å². The zero-order chi connectivity index (χ0) is 9.40. The van der Waals surface area contributed by atoms with E-state index in [1.807, 2.05) is 6.08 Å². The van der Waals surface area contributed by atoms with Crippen LogP contribution in [-0.4, -0.2) is 23.8 Å². The maximum Gasteiger partial charge on any atom is 0.0584 e. The third kappa shape index (κ3) is 5.33. The summed E-state index contributed by atoms with van der Waals surface area (Å²) in [6, 6.07) is 0.727. The maximum absolute atomic E-state index is 8.92. The first-order valence-corrected chi connectivity index (χ1v) is 4.72. The van der Waals surface area contributed by atoms with E-state index in [2.05, 4.69) is 25.7 Å². The molecule has 2 heteroatoms. The Kier molecular flexibility index (Phi) is 7.11. The molecule has 2 nitrogen and oxygen atoms in total. The Morgan fingerprint density at radius 3 is 2.67 bits per heavy atom. The Balaban J connectivity index is 3.50. The molecule has 0 aromatic heterocycles. The lowest BCUT2D eigenvalue weighted by molar-refractivity contribution is 0.228. The molecule has 0 heterocycles. The van der Waals surface area contributed by atoms with Gasteiger partial charge in [0.25, 0.3) is 0 Å². The minimum Gasteiger partial charge on any atom is -0.395 e. The Labute approximate surface area is 75.7 Å². The third-order valence-corrected chi connectivity index (χ3v) is 2.04. The van der Waals surface area contributed by atoms with Crippen molar-refractivity contribution in [2.75, 3.05) is 6.61 Å². The summed E-state index contributed by atoms with van der Waals surface area (Å²) in [5.74, 6) is 0. The summed E-state index contributed by atoms with van der Waals surface area (Å²) in [6.07, 6.45) is 5.04. The van der Waals surface area contributed by atoms with E-state index in [0.717, 1.165) is 19.3 Å². The first kappa shape index (κ1) is 11.7. The van der Waals surface area contributed by atoms with Gasteiger partial charge in [-0.25, -0.2) is 0 Å². The molecule has 0 aromatic rings. The van der Waals surface area contributed by atoms with Gasteiger partial charge in [-0.1, -0.05) is 13.0 Å². The predicted octanol–water partition coefficient (Wildman–Crippen LogP) is 1.70. The topological polar surface area (TPSA) is 32.3 Å². The van der Waals surface area contributed by atoms with E-state index >= 15 is 0 Å². The van der Waals surface area contributed by atoms with Gasteiger partial charge in [-0.2, -0.15) is 0 Å². The minimum atomic E-state index is 0.231. The van der Waals surface area contributed by atoms with Crippen LogP contribution in [0.2, 0.25) is 0 Å². The van der Waals surface area contributed by atoms with Crippen molar-refractivity contribution in [1.82, 2.24) is 5.32 Å². The van der Waals surface area contributed by atoms with Crippen LogP contribution in [0.1, 0.15) is 33.1 Å². The second-order valence-electron chi connectivity index (χ2n) is 3.22. The molecule has 0 bridgehead atoms. The molecule has 0 fully saturated rings. The molecule has 0 aliphatic carbocycles. The Hall–Kier alpha value is -0.340. The summed E-state index contributed by atoms with van der Waals surface area (Å²) in [7, 11) is 0. The van der Waals surface area contributed by atoms with Crippen LogP contribution in [0.5, 0.6) is 0 Å². The van der Waals surface area contributed by atoms with Gasteiger partial charge < -0.3 is 10.4 Å². The molecule has 0 aliphatic rings. The fraction of sp³-hybridized carbons (Fsp3) is 0.800. The Morgan fingerprint density at radius 2 is 2.25 bits per heavy atom. The number of rotatable bonds is 7. The lowest BCUT2D eigenvalue weighted by atomic mass is 10.1. The van der Waals surface area contributed by atoms with Gasteiger partial charge in [0.1, 0.15) is 0 Å². The van der Waals surface area contributed by atoms with E-state index in [-0.39, 0.29) is 12.6 Å². The van der Waals surface area contributed by atoms with Gasteiger partial charge in [0.05, 0.1) is 6.61 Å². The van der Waals surface area contributed by atoms with Crippen LogP contribution in [0.15, 0.2) is 12.7 Å². The molecule has 2 N–H and O–H groups in total. The summed E-state index contributed by atoms with van der Waals surface area (Å²) < 4.78 is 0. The second kappa shape index (κ2) is 7.32. The lowest BCUT2D eigenvalue weighted by Gasteiger charge is -2.19. The van der Waals surface area contributed by atoms with Gasteiger partial charge in [-0.3, -0.25) is 0 Å². The largest absolute Gasteiger partial charge is 0.395 e. The molecule has 72 valence electrons. The van der Waals surface area contributed by atoms with Crippen LogP contribution in [-0.2, 0) is 0 Å². The van der Waals surface area contributed by atoms with Gasteiger partial charge >= 0.3 is 0 Å². The highest BCUT2D eigenvalue weighted by molar-refractivity contribution is 4.74. The first-order chi connectivity index (χ1) is 5.74. The van der Waals surface area contributed by atoms with Crippen molar-refractivity contribution in [3.05, 3.63) is 12.7 Å². The van der Waals surface area contributed by atoms with Gasteiger partial charge in [-0.05, 0) is 26.2 Å². The highest BCUT2D eigenvalue weighted by atomic mass is 16.3. The molecular weight excluding hydrogens is 150 g/mol. The van der Waals surface area contributed by atoms with Gasteiger partial charge in [-0.15, -0.1) is 6.58 Å². The second-order valence-corrected chi connectivity index (χ2v) is 3.22. The van der Waals surface area contributed by atoms with E-state index in [9.17, 15) is 0 Å². The molecule has 0 aliphatic heterocycles.